The molecule has 0 unspecified atom stereocenters. The van der Waals surface area contributed by atoms with Crippen molar-refractivity contribution in [3.05, 3.63) is 30.3 Å². The zero-order chi connectivity index (χ0) is 10.4. The Labute approximate surface area is 83.2 Å². The molecule has 0 aliphatic rings. The van der Waals surface area contributed by atoms with Gasteiger partial charge in [-0.1, -0.05) is 18.2 Å². The lowest BCUT2D eigenvalue weighted by Gasteiger charge is -2.15. The van der Waals surface area contributed by atoms with Crippen molar-refractivity contribution >= 4 is 17.9 Å². The van der Waals surface area contributed by atoms with Gasteiger partial charge in [-0.15, -0.1) is 0 Å². The number of rotatable bonds is 3. The van der Waals surface area contributed by atoms with Crippen LogP contribution < -0.4 is 10.3 Å². The first kappa shape index (κ1) is 10.2. The Kier molecular flexibility index (Phi) is 3.67. The highest BCUT2D eigenvalue weighted by Crippen LogP contribution is 2.11. The molecule has 0 fully saturated rings. The standard InChI is InChI=1S/C10H13N3O/c1-9(12-11-2)13(8-14)10-6-4-3-5-7-10/h3-8,11H,1-2H3/b12-9+. The van der Waals surface area contributed by atoms with Gasteiger partial charge in [0.05, 0.1) is 0 Å². The topological polar surface area (TPSA) is 44.7 Å². The lowest BCUT2D eigenvalue weighted by atomic mass is 10.3. The predicted molar refractivity (Wildman–Crippen MR) is 57.2 cm³/mol. The molecule has 4 heteroatoms. The first-order chi connectivity index (χ1) is 6.79. The average Bonchev–Trinajstić information content (AvgIpc) is 2.21. The lowest BCUT2D eigenvalue weighted by Crippen LogP contribution is -2.28. The maximum atomic E-state index is 10.8. The number of amidine groups is 1. The number of nitrogens with zero attached hydrogens (tertiary/aromatic N) is 2. The number of hydrogen-bond donors (Lipinski definition) is 1. The zero-order valence-electron chi connectivity index (χ0n) is 8.27. The van der Waals surface area contributed by atoms with Gasteiger partial charge in [0.25, 0.3) is 0 Å². The SMILES string of the molecule is CN/N=C(\C)N(C=O)c1ccccc1. The van der Waals surface area contributed by atoms with Gasteiger partial charge in [-0.3, -0.25) is 9.69 Å². The smallest absolute Gasteiger partial charge is 0.219 e. The van der Waals surface area contributed by atoms with Crippen LogP contribution in [0.3, 0.4) is 0 Å². The second-order valence-electron chi connectivity index (χ2n) is 2.69. The Morgan fingerprint density at radius 2 is 2.07 bits per heavy atom. The van der Waals surface area contributed by atoms with Gasteiger partial charge in [-0.25, -0.2) is 0 Å². The molecule has 1 N–H and O–H groups in total. The number of carbonyl (C=O) groups is 1. The summed E-state index contributed by atoms with van der Waals surface area (Å²) in [6.45, 7) is 1.76. The number of nitrogens with one attached hydrogen (secondary N) is 1. The Balaban J connectivity index is 2.93. The van der Waals surface area contributed by atoms with Crippen LogP contribution in [0.1, 0.15) is 6.92 Å². The van der Waals surface area contributed by atoms with Crippen molar-refractivity contribution in [3.63, 3.8) is 0 Å². The molecule has 0 aliphatic carbocycles. The maximum Gasteiger partial charge on any atom is 0.219 e. The largest absolute Gasteiger partial charge is 0.311 e. The van der Waals surface area contributed by atoms with Crippen LogP contribution in [0.2, 0.25) is 0 Å². The quantitative estimate of drug-likeness (QED) is 0.338. The molecule has 0 saturated carbocycles. The van der Waals surface area contributed by atoms with Gasteiger partial charge < -0.3 is 5.43 Å². The minimum absolute atomic E-state index is 0.605. The number of anilines is 1. The highest BCUT2D eigenvalue weighted by molar-refractivity contribution is 6.08. The molecule has 0 aliphatic heterocycles. The highest BCUT2D eigenvalue weighted by Gasteiger charge is 2.06. The summed E-state index contributed by atoms with van der Waals surface area (Å²) < 4.78 is 0. The van der Waals surface area contributed by atoms with Crippen molar-refractivity contribution in [2.24, 2.45) is 5.10 Å². The minimum atomic E-state index is 0.605. The summed E-state index contributed by atoms with van der Waals surface area (Å²) in [5, 5.41) is 3.93. The van der Waals surface area contributed by atoms with Crippen molar-refractivity contribution in [1.82, 2.24) is 5.43 Å². The van der Waals surface area contributed by atoms with Gasteiger partial charge >= 0.3 is 0 Å². The molecule has 0 atom stereocenters. The molecule has 1 amide bonds. The van der Waals surface area contributed by atoms with Gasteiger partial charge in [0.15, 0.2) is 0 Å². The fourth-order valence-electron chi connectivity index (χ4n) is 1.13. The number of para-hydroxylation sites is 1. The van der Waals surface area contributed by atoms with E-state index in [4.69, 9.17) is 0 Å². The van der Waals surface area contributed by atoms with E-state index in [9.17, 15) is 4.79 Å². The van der Waals surface area contributed by atoms with E-state index in [1.165, 1.54) is 4.90 Å². The molecule has 0 spiro atoms. The van der Waals surface area contributed by atoms with Gasteiger partial charge in [0, 0.05) is 12.7 Å². The Morgan fingerprint density at radius 1 is 1.43 bits per heavy atom. The van der Waals surface area contributed by atoms with Crippen LogP contribution in [-0.2, 0) is 4.79 Å². The van der Waals surface area contributed by atoms with Crippen LogP contribution in [0, 0.1) is 0 Å². The molecule has 1 aromatic carbocycles. The third kappa shape index (κ3) is 2.32. The first-order valence-electron chi connectivity index (χ1n) is 4.30. The van der Waals surface area contributed by atoms with Crippen molar-refractivity contribution < 1.29 is 4.79 Å². The third-order valence-electron chi connectivity index (χ3n) is 1.76. The van der Waals surface area contributed by atoms with E-state index in [1.807, 2.05) is 30.3 Å². The normalized spacial score (nSPS) is 10.9. The van der Waals surface area contributed by atoms with Crippen LogP contribution in [-0.4, -0.2) is 19.3 Å². The minimum Gasteiger partial charge on any atom is -0.311 e. The van der Waals surface area contributed by atoms with Crippen molar-refractivity contribution in [2.75, 3.05) is 11.9 Å². The summed E-state index contributed by atoms with van der Waals surface area (Å²) in [4.78, 5) is 12.3. The summed E-state index contributed by atoms with van der Waals surface area (Å²) >= 11 is 0. The third-order valence-corrected chi connectivity index (χ3v) is 1.76. The van der Waals surface area contributed by atoms with Crippen LogP contribution in [0.15, 0.2) is 35.4 Å². The second-order valence-corrected chi connectivity index (χ2v) is 2.69. The number of amides is 1. The second kappa shape index (κ2) is 5.01. The molecular weight excluding hydrogens is 178 g/mol. The van der Waals surface area contributed by atoms with Gasteiger partial charge in [0.1, 0.15) is 5.84 Å². The molecule has 0 radical (unpaired) electrons. The monoisotopic (exact) mass is 191 g/mol. The molecule has 0 heterocycles. The van der Waals surface area contributed by atoms with Gasteiger partial charge in [-0.2, -0.15) is 5.10 Å². The molecule has 0 bridgehead atoms. The molecule has 1 rings (SSSR count). The molecule has 14 heavy (non-hydrogen) atoms. The fraction of sp³-hybridized carbons (Fsp3) is 0.200. The molecule has 1 aromatic rings. The molecule has 74 valence electrons. The van der Waals surface area contributed by atoms with E-state index in [0.29, 0.717) is 5.84 Å². The van der Waals surface area contributed by atoms with E-state index in [2.05, 4.69) is 10.5 Å². The lowest BCUT2D eigenvalue weighted by molar-refractivity contribution is -0.106. The fourth-order valence-corrected chi connectivity index (χ4v) is 1.13. The van der Waals surface area contributed by atoms with E-state index in [1.54, 1.807) is 14.0 Å². The van der Waals surface area contributed by atoms with Crippen LogP contribution in [0.25, 0.3) is 0 Å². The Hall–Kier alpha value is -1.84. The van der Waals surface area contributed by atoms with Crippen molar-refractivity contribution in [1.29, 1.82) is 0 Å². The van der Waals surface area contributed by atoms with Crippen LogP contribution in [0.5, 0.6) is 0 Å². The number of hydrogen-bond acceptors (Lipinski definition) is 3. The zero-order valence-corrected chi connectivity index (χ0v) is 8.27. The Bertz CT molecular complexity index is 321. The van der Waals surface area contributed by atoms with Crippen LogP contribution >= 0.6 is 0 Å². The maximum absolute atomic E-state index is 10.8. The first-order valence-corrected chi connectivity index (χ1v) is 4.30. The Morgan fingerprint density at radius 3 is 2.57 bits per heavy atom. The number of carbonyl (C=O) groups excluding carboxylic acids is 1. The van der Waals surface area contributed by atoms with Crippen LogP contribution in [0.4, 0.5) is 5.69 Å². The number of hydrazone groups is 1. The molecule has 4 nitrogen and oxygen atoms in total. The van der Waals surface area contributed by atoms with E-state index in [0.717, 1.165) is 12.1 Å². The van der Waals surface area contributed by atoms with Gasteiger partial charge in [0.2, 0.25) is 6.41 Å². The predicted octanol–water partition coefficient (Wildman–Crippen LogP) is 1.20. The van der Waals surface area contributed by atoms with E-state index >= 15 is 0 Å². The molecule has 0 aromatic heterocycles. The van der Waals surface area contributed by atoms with Crippen molar-refractivity contribution in [3.8, 4) is 0 Å². The summed E-state index contributed by atoms with van der Waals surface area (Å²) in [5.74, 6) is 0.605. The van der Waals surface area contributed by atoms with E-state index in [-0.39, 0.29) is 0 Å². The molecule has 0 saturated heterocycles. The van der Waals surface area contributed by atoms with E-state index < -0.39 is 0 Å². The average molecular weight is 191 g/mol. The highest BCUT2D eigenvalue weighted by atomic mass is 16.1. The summed E-state index contributed by atoms with van der Waals surface area (Å²) in [6.07, 6.45) is 0.742. The van der Waals surface area contributed by atoms with Crippen molar-refractivity contribution in [2.45, 2.75) is 6.92 Å². The summed E-state index contributed by atoms with van der Waals surface area (Å²) in [6, 6.07) is 9.35. The van der Waals surface area contributed by atoms with Gasteiger partial charge in [-0.05, 0) is 19.1 Å². The molecular formula is C10H13N3O. The summed E-state index contributed by atoms with van der Waals surface area (Å²) in [5.41, 5.74) is 3.44. The summed E-state index contributed by atoms with van der Waals surface area (Å²) in [7, 11) is 1.69. The number of benzene rings is 1.